The number of unbranched alkanes of at least 4 members (excludes halogenated alkanes) is 1. The minimum atomic E-state index is -0.707. The number of anilines is 1. The predicted octanol–water partition coefficient (Wildman–Crippen LogP) is 4.34. The van der Waals surface area contributed by atoms with E-state index in [1.807, 2.05) is 42.5 Å². The second-order valence-corrected chi connectivity index (χ2v) is 12.1. The van der Waals surface area contributed by atoms with Crippen LogP contribution in [0, 0.1) is 11.8 Å². The van der Waals surface area contributed by atoms with Crippen LogP contribution in [0.5, 0.6) is 0 Å². The Morgan fingerprint density at radius 2 is 1.95 bits per heavy atom. The van der Waals surface area contributed by atoms with Crippen LogP contribution in [-0.4, -0.2) is 70.1 Å². The topological polar surface area (TPSA) is 87.2 Å². The first-order valence-corrected chi connectivity index (χ1v) is 14.6. The van der Waals surface area contributed by atoms with Crippen molar-refractivity contribution < 1.29 is 24.2 Å². The standard InChI is InChI=1S/C31H36N2O5S/c1-3-5-19-38-30(37)25-24-14-15-31(39-24)26(25)28(35)33(17-8-9-18-34)27(31)29(36)32(16-4-2)23-13-12-21-10-6-7-11-22(21)20-23/h3-4,6-7,10-13,20,24-27,34H,1-2,5,8-9,14-19H2/t24-,25+,26-,27?,31?/m0/s1. The monoisotopic (exact) mass is 548 g/mol. The number of ether oxygens (including phenoxy) is 1. The van der Waals surface area contributed by atoms with Gasteiger partial charge in [-0.05, 0) is 55.0 Å². The smallest absolute Gasteiger partial charge is 0.310 e. The number of hydrogen-bond acceptors (Lipinski definition) is 6. The van der Waals surface area contributed by atoms with E-state index in [4.69, 9.17) is 4.74 Å². The molecule has 0 radical (unpaired) electrons. The lowest BCUT2D eigenvalue weighted by atomic mass is 9.71. The molecule has 0 aromatic heterocycles. The van der Waals surface area contributed by atoms with Crippen LogP contribution >= 0.6 is 11.8 Å². The van der Waals surface area contributed by atoms with Gasteiger partial charge in [-0.15, -0.1) is 24.9 Å². The van der Waals surface area contributed by atoms with Crippen molar-refractivity contribution in [1.29, 1.82) is 0 Å². The molecule has 1 spiro atoms. The van der Waals surface area contributed by atoms with E-state index in [1.165, 1.54) is 0 Å². The fourth-order valence-electron chi connectivity index (χ4n) is 6.62. The lowest BCUT2D eigenvalue weighted by Gasteiger charge is -2.37. The Labute approximate surface area is 233 Å². The van der Waals surface area contributed by atoms with Gasteiger partial charge in [0, 0.05) is 30.6 Å². The minimum Gasteiger partial charge on any atom is -0.465 e. The summed E-state index contributed by atoms with van der Waals surface area (Å²) in [6, 6.07) is 13.2. The van der Waals surface area contributed by atoms with E-state index < -0.39 is 22.6 Å². The number of esters is 1. The minimum absolute atomic E-state index is 0.0178. The van der Waals surface area contributed by atoms with Crippen LogP contribution in [0.1, 0.15) is 32.1 Å². The number of hydrogen-bond donors (Lipinski definition) is 1. The molecule has 5 atom stereocenters. The molecule has 1 N–H and O–H groups in total. The molecule has 0 saturated carbocycles. The van der Waals surface area contributed by atoms with Gasteiger partial charge < -0.3 is 19.6 Å². The maximum atomic E-state index is 14.6. The molecule has 7 nitrogen and oxygen atoms in total. The highest BCUT2D eigenvalue weighted by atomic mass is 32.2. The average molecular weight is 549 g/mol. The first kappa shape index (κ1) is 27.5. The van der Waals surface area contributed by atoms with Gasteiger partial charge in [-0.3, -0.25) is 14.4 Å². The van der Waals surface area contributed by atoms with Crippen molar-refractivity contribution in [3.63, 3.8) is 0 Å². The van der Waals surface area contributed by atoms with Crippen molar-refractivity contribution in [2.45, 2.75) is 48.1 Å². The van der Waals surface area contributed by atoms with E-state index in [0.29, 0.717) is 38.8 Å². The summed E-state index contributed by atoms with van der Waals surface area (Å²) in [6.07, 6.45) is 6.53. The van der Waals surface area contributed by atoms with Crippen LogP contribution in [0.2, 0.25) is 0 Å². The molecule has 3 aliphatic rings. The quantitative estimate of drug-likeness (QED) is 0.241. The molecule has 8 heteroatoms. The highest BCUT2D eigenvalue weighted by molar-refractivity contribution is 8.02. The summed E-state index contributed by atoms with van der Waals surface area (Å²) in [4.78, 5) is 45.3. The van der Waals surface area contributed by atoms with Crippen LogP contribution < -0.4 is 4.90 Å². The van der Waals surface area contributed by atoms with E-state index in [0.717, 1.165) is 22.9 Å². The Kier molecular flexibility index (Phi) is 8.14. The Morgan fingerprint density at radius 3 is 2.69 bits per heavy atom. The number of rotatable bonds is 12. The lowest BCUT2D eigenvalue weighted by Crippen LogP contribution is -2.55. The number of thioether (sulfide) groups is 1. The highest BCUT2D eigenvalue weighted by Crippen LogP contribution is 2.66. The molecule has 2 amide bonds. The summed E-state index contributed by atoms with van der Waals surface area (Å²) >= 11 is 1.64. The van der Waals surface area contributed by atoms with E-state index in [9.17, 15) is 19.5 Å². The van der Waals surface area contributed by atoms with Gasteiger partial charge in [0.1, 0.15) is 6.04 Å². The first-order valence-electron chi connectivity index (χ1n) is 13.7. The SMILES string of the molecule is C=CCCOC(=O)[C@@H]1[C@@H]2CCC3(S2)C(C(=O)N(CC=C)c2ccc4ccccc4c2)N(CCCCO)C(=O)[C@H]13. The third kappa shape index (κ3) is 4.78. The number of amides is 2. The molecular formula is C31H36N2O5S. The summed E-state index contributed by atoms with van der Waals surface area (Å²) in [5.41, 5.74) is 0.749. The molecule has 0 aliphatic carbocycles. The maximum absolute atomic E-state index is 14.6. The highest BCUT2D eigenvalue weighted by Gasteiger charge is 2.74. The van der Waals surface area contributed by atoms with Gasteiger partial charge in [0.05, 0.1) is 23.2 Å². The number of nitrogens with zero attached hydrogens (tertiary/aromatic N) is 2. The number of carbonyl (C=O) groups excluding carboxylic acids is 3. The Bertz CT molecular complexity index is 1280. The van der Waals surface area contributed by atoms with Crippen molar-refractivity contribution in [3.05, 3.63) is 67.8 Å². The largest absolute Gasteiger partial charge is 0.465 e. The first-order chi connectivity index (χ1) is 19.0. The summed E-state index contributed by atoms with van der Waals surface area (Å²) in [5, 5.41) is 11.5. The molecule has 3 fully saturated rings. The molecule has 2 aromatic carbocycles. The summed E-state index contributed by atoms with van der Waals surface area (Å²) in [6.45, 7) is 8.50. The molecular weight excluding hydrogens is 512 g/mol. The zero-order chi connectivity index (χ0) is 27.6. The average Bonchev–Trinajstić information content (AvgIpc) is 3.59. The fourth-order valence-corrected chi connectivity index (χ4v) is 8.82. The Balaban J connectivity index is 1.52. The molecule has 3 heterocycles. The zero-order valence-electron chi connectivity index (χ0n) is 22.2. The van der Waals surface area contributed by atoms with Gasteiger partial charge in [-0.2, -0.15) is 0 Å². The van der Waals surface area contributed by atoms with Gasteiger partial charge in [-0.25, -0.2) is 0 Å². The van der Waals surface area contributed by atoms with Gasteiger partial charge in [-0.1, -0.05) is 42.5 Å². The number of aliphatic hydroxyl groups excluding tert-OH is 1. The Hall–Kier alpha value is -3.10. The number of likely N-dealkylation sites (tertiary alicyclic amines) is 1. The van der Waals surface area contributed by atoms with E-state index in [2.05, 4.69) is 13.2 Å². The summed E-state index contributed by atoms with van der Waals surface area (Å²) < 4.78 is 4.88. The molecule has 39 heavy (non-hydrogen) atoms. The molecule has 2 bridgehead atoms. The van der Waals surface area contributed by atoms with Crippen LogP contribution in [0.15, 0.2) is 67.8 Å². The summed E-state index contributed by atoms with van der Waals surface area (Å²) in [5.74, 6) is -1.81. The van der Waals surface area contributed by atoms with Crippen molar-refractivity contribution in [3.8, 4) is 0 Å². The molecule has 206 valence electrons. The maximum Gasteiger partial charge on any atom is 0.310 e. The molecule has 3 aliphatic heterocycles. The van der Waals surface area contributed by atoms with Gasteiger partial charge in [0.15, 0.2) is 0 Å². The van der Waals surface area contributed by atoms with Gasteiger partial charge >= 0.3 is 5.97 Å². The number of carbonyl (C=O) groups is 3. The van der Waals surface area contributed by atoms with Crippen molar-refractivity contribution >= 4 is 46.0 Å². The van der Waals surface area contributed by atoms with E-state index >= 15 is 0 Å². The van der Waals surface area contributed by atoms with Crippen molar-refractivity contribution in [2.75, 3.05) is 31.2 Å². The van der Waals surface area contributed by atoms with Crippen molar-refractivity contribution in [1.82, 2.24) is 4.90 Å². The zero-order valence-corrected chi connectivity index (χ0v) is 23.0. The van der Waals surface area contributed by atoms with Crippen molar-refractivity contribution in [2.24, 2.45) is 11.8 Å². The van der Waals surface area contributed by atoms with Crippen LogP contribution in [0.4, 0.5) is 5.69 Å². The molecule has 2 aromatic rings. The lowest BCUT2D eigenvalue weighted by molar-refractivity contribution is -0.154. The molecule has 5 rings (SSSR count). The second kappa shape index (κ2) is 11.6. The summed E-state index contributed by atoms with van der Waals surface area (Å²) in [7, 11) is 0. The molecule has 3 saturated heterocycles. The number of fused-ring (bicyclic) bond motifs is 2. The van der Waals surface area contributed by atoms with E-state index in [1.54, 1.807) is 33.7 Å². The fraction of sp³-hybridized carbons (Fsp3) is 0.452. The van der Waals surface area contributed by atoms with E-state index in [-0.39, 0.29) is 36.2 Å². The number of aliphatic hydroxyl groups is 1. The molecule has 2 unspecified atom stereocenters. The Morgan fingerprint density at radius 1 is 1.15 bits per heavy atom. The third-order valence-corrected chi connectivity index (χ3v) is 10.3. The predicted molar refractivity (Wildman–Crippen MR) is 154 cm³/mol. The van der Waals surface area contributed by atoms with Crippen LogP contribution in [-0.2, 0) is 19.1 Å². The van der Waals surface area contributed by atoms with Gasteiger partial charge in [0.2, 0.25) is 5.91 Å². The third-order valence-electron chi connectivity index (χ3n) is 8.30. The van der Waals surface area contributed by atoms with Crippen LogP contribution in [0.25, 0.3) is 10.8 Å². The second-order valence-electron chi connectivity index (χ2n) is 10.5. The van der Waals surface area contributed by atoms with Gasteiger partial charge in [0.25, 0.3) is 5.91 Å². The normalized spacial score (nSPS) is 27.0. The van der Waals surface area contributed by atoms with Crippen LogP contribution in [0.3, 0.4) is 0 Å². The number of benzene rings is 2.